The van der Waals surface area contributed by atoms with E-state index in [-0.39, 0.29) is 11.9 Å². The summed E-state index contributed by atoms with van der Waals surface area (Å²) in [4.78, 5) is 0. The van der Waals surface area contributed by atoms with Gasteiger partial charge in [-0.3, -0.25) is 0 Å². The molecule has 1 N–H and O–H groups in total. The molecule has 0 saturated carbocycles. The third-order valence-electron chi connectivity index (χ3n) is 2.75. The molecule has 0 spiro atoms. The van der Waals surface area contributed by atoms with Crippen LogP contribution in [-0.2, 0) is 0 Å². The standard InChI is InChI=1S/C14H14BrClFNO/c1-2-7-18-14(12-5-6-13(15)19-12)10-8-9(17)3-4-11(10)16/h3-6,8,14,18H,2,7H2,1H3. The van der Waals surface area contributed by atoms with E-state index in [1.165, 1.54) is 12.1 Å². The Hall–Kier alpha value is -0.840. The molecule has 1 aromatic heterocycles. The summed E-state index contributed by atoms with van der Waals surface area (Å²) in [5.41, 5.74) is 0.678. The van der Waals surface area contributed by atoms with Crippen LogP contribution in [0.3, 0.4) is 0 Å². The third kappa shape index (κ3) is 3.59. The van der Waals surface area contributed by atoms with E-state index < -0.39 is 0 Å². The van der Waals surface area contributed by atoms with Gasteiger partial charge in [-0.25, -0.2) is 4.39 Å². The van der Waals surface area contributed by atoms with Crippen LogP contribution in [0.5, 0.6) is 0 Å². The first kappa shape index (κ1) is 14.6. The molecule has 2 rings (SSSR count). The minimum Gasteiger partial charge on any atom is -0.452 e. The highest BCUT2D eigenvalue weighted by Gasteiger charge is 2.20. The zero-order valence-electron chi connectivity index (χ0n) is 10.4. The van der Waals surface area contributed by atoms with Crippen molar-refractivity contribution in [2.45, 2.75) is 19.4 Å². The van der Waals surface area contributed by atoms with Crippen molar-refractivity contribution in [3.8, 4) is 0 Å². The molecule has 0 aliphatic heterocycles. The first-order valence-electron chi connectivity index (χ1n) is 6.05. The van der Waals surface area contributed by atoms with Crippen molar-refractivity contribution in [2.24, 2.45) is 0 Å². The summed E-state index contributed by atoms with van der Waals surface area (Å²) < 4.78 is 19.6. The molecule has 1 heterocycles. The first-order chi connectivity index (χ1) is 9.11. The quantitative estimate of drug-likeness (QED) is 0.831. The minimum atomic E-state index is -0.312. The number of nitrogens with one attached hydrogen (secondary N) is 1. The van der Waals surface area contributed by atoms with Crippen LogP contribution in [0.1, 0.15) is 30.7 Å². The van der Waals surface area contributed by atoms with Crippen molar-refractivity contribution < 1.29 is 8.81 Å². The van der Waals surface area contributed by atoms with Crippen LogP contribution in [0, 0.1) is 5.82 Å². The number of furan rings is 1. The van der Waals surface area contributed by atoms with E-state index in [0.717, 1.165) is 13.0 Å². The van der Waals surface area contributed by atoms with Crippen molar-refractivity contribution in [2.75, 3.05) is 6.54 Å². The van der Waals surface area contributed by atoms with Gasteiger partial charge in [-0.05, 0) is 64.8 Å². The van der Waals surface area contributed by atoms with Crippen LogP contribution in [-0.4, -0.2) is 6.54 Å². The largest absolute Gasteiger partial charge is 0.452 e. The molecule has 0 aliphatic rings. The smallest absolute Gasteiger partial charge is 0.169 e. The average Bonchev–Trinajstić information content (AvgIpc) is 2.80. The lowest BCUT2D eigenvalue weighted by Gasteiger charge is -2.18. The number of rotatable bonds is 5. The summed E-state index contributed by atoms with van der Waals surface area (Å²) >= 11 is 9.44. The molecule has 5 heteroatoms. The zero-order valence-corrected chi connectivity index (χ0v) is 12.8. The highest BCUT2D eigenvalue weighted by molar-refractivity contribution is 9.10. The molecule has 1 atom stereocenters. The van der Waals surface area contributed by atoms with E-state index in [4.69, 9.17) is 16.0 Å². The van der Waals surface area contributed by atoms with Crippen molar-refractivity contribution >= 4 is 27.5 Å². The predicted octanol–water partition coefficient (Wildman–Crippen LogP) is 4.92. The van der Waals surface area contributed by atoms with Gasteiger partial charge in [0, 0.05) is 5.02 Å². The maximum Gasteiger partial charge on any atom is 0.169 e. The molecule has 0 bridgehead atoms. The van der Waals surface area contributed by atoms with Crippen molar-refractivity contribution in [3.63, 3.8) is 0 Å². The summed E-state index contributed by atoms with van der Waals surface area (Å²) in [6, 6.07) is 7.74. The van der Waals surface area contributed by atoms with Gasteiger partial charge in [-0.15, -0.1) is 0 Å². The van der Waals surface area contributed by atoms with Gasteiger partial charge in [0.15, 0.2) is 4.67 Å². The fraction of sp³-hybridized carbons (Fsp3) is 0.286. The van der Waals surface area contributed by atoms with E-state index in [2.05, 4.69) is 28.2 Å². The van der Waals surface area contributed by atoms with Crippen LogP contribution >= 0.6 is 27.5 Å². The number of halogens is 3. The van der Waals surface area contributed by atoms with Gasteiger partial charge in [0.25, 0.3) is 0 Å². The van der Waals surface area contributed by atoms with E-state index in [0.29, 0.717) is 21.0 Å². The van der Waals surface area contributed by atoms with E-state index >= 15 is 0 Å². The topological polar surface area (TPSA) is 25.2 Å². The summed E-state index contributed by atoms with van der Waals surface area (Å²) in [6.45, 7) is 2.85. The monoisotopic (exact) mass is 345 g/mol. The van der Waals surface area contributed by atoms with Gasteiger partial charge in [0.2, 0.25) is 0 Å². The molecule has 0 fully saturated rings. The third-order valence-corrected chi connectivity index (χ3v) is 3.52. The molecule has 2 aromatic rings. The molecule has 0 saturated heterocycles. The van der Waals surface area contributed by atoms with Gasteiger partial charge in [0.05, 0.1) is 6.04 Å². The number of hydrogen-bond acceptors (Lipinski definition) is 2. The van der Waals surface area contributed by atoms with Gasteiger partial charge >= 0.3 is 0 Å². The second-order valence-corrected chi connectivity index (χ2v) is 5.38. The second-order valence-electron chi connectivity index (χ2n) is 4.19. The molecule has 0 radical (unpaired) electrons. The summed E-state index contributed by atoms with van der Waals surface area (Å²) in [5, 5.41) is 3.83. The highest BCUT2D eigenvalue weighted by Crippen LogP contribution is 2.31. The zero-order chi connectivity index (χ0) is 13.8. The van der Waals surface area contributed by atoms with Crippen molar-refractivity contribution in [1.82, 2.24) is 5.32 Å². The molecular formula is C14H14BrClFNO. The predicted molar refractivity (Wildman–Crippen MR) is 78.0 cm³/mol. The molecule has 102 valence electrons. The number of benzene rings is 1. The summed E-state index contributed by atoms with van der Waals surface area (Å²) in [6.07, 6.45) is 0.964. The molecular weight excluding hydrogens is 333 g/mol. The minimum absolute atomic E-state index is 0.255. The lowest BCUT2D eigenvalue weighted by molar-refractivity contribution is 0.432. The Bertz CT molecular complexity index is 558. The Kier molecular flexibility index (Phi) is 5.02. The van der Waals surface area contributed by atoms with Crippen LogP contribution in [0.4, 0.5) is 4.39 Å². The van der Waals surface area contributed by atoms with Crippen LogP contribution < -0.4 is 5.32 Å². The van der Waals surface area contributed by atoms with Crippen LogP contribution in [0.25, 0.3) is 0 Å². The van der Waals surface area contributed by atoms with Gasteiger partial charge in [-0.2, -0.15) is 0 Å². The fourth-order valence-corrected chi connectivity index (χ4v) is 2.42. The molecule has 19 heavy (non-hydrogen) atoms. The Balaban J connectivity index is 2.39. The van der Waals surface area contributed by atoms with Crippen LogP contribution in [0.15, 0.2) is 39.4 Å². The SMILES string of the molecule is CCCNC(c1ccc(Br)o1)c1cc(F)ccc1Cl. The fourth-order valence-electron chi connectivity index (χ4n) is 1.87. The lowest BCUT2D eigenvalue weighted by Crippen LogP contribution is -2.23. The molecule has 1 aromatic carbocycles. The second kappa shape index (κ2) is 6.55. The molecule has 2 nitrogen and oxygen atoms in total. The normalized spacial score (nSPS) is 12.6. The van der Waals surface area contributed by atoms with Gasteiger partial charge in [0.1, 0.15) is 11.6 Å². The summed E-state index contributed by atoms with van der Waals surface area (Å²) in [7, 11) is 0. The Morgan fingerprint density at radius 1 is 1.37 bits per heavy atom. The summed E-state index contributed by atoms with van der Waals surface area (Å²) in [5.74, 6) is 0.390. The van der Waals surface area contributed by atoms with Crippen molar-refractivity contribution in [3.05, 3.63) is 57.2 Å². The lowest BCUT2D eigenvalue weighted by atomic mass is 10.0. The Morgan fingerprint density at radius 2 is 2.16 bits per heavy atom. The molecule has 0 aliphatic carbocycles. The van der Waals surface area contributed by atoms with E-state index in [1.807, 2.05) is 12.1 Å². The van der Waals surface area contributed by atoms with Crippen LogP contribution in [0.2, 0.25) is 5.02 Å². The highest BCUT2D eigenvalue weighted by atomic mass is 79.9. The van der Waals surface area contributed by atoms with E-state index in [9.17, 15) is 4.39 Å². The Labute approximate surface area is 125 Å². The molecule has 0 amide bonds. The Morgan fingerprint density at radius 3 is 2.79 bits per heavy atom. The van der Waals surface area contributed by atoms with Gasteiger partial charge in [-0.1, -0.05) is 18.5 Å². The first-order valence-corrected chi connectivity index (χ1v) is 7.22. The average molecular weight is 347 g/mol. The maximum atomic E-state index is 13.4. The van der Waals surface area contributed by atoms with Crippen molar-refractivity contribution in [1.29, 1.82) is 0 Å². The number of hydrogen-bond donors (Lipinski definition) is 1. The van der Waals surface area contributed by atoms with E-state index in [1.54, 1.807) is 6.07 Å². The maximum absolute atomic E-state index is 13.4. The van der Waals surface area contributed by atoms with Gasteiger partial charge < -0.3 is 9.73 Å². The molecule has 1 unspecified atom stereocenters.